The molecule has 0 spiro atoms. The second kappa shape index (κ2) is 8.09. The smallest absolute Gasteiger partial charge is 0.323 e. The van der Waals surface area contributed by atoms with Crippen LogP contribution in [0, 0.1) is 5.92 Å². The lowest BCUT2D eigenvalue weighted by Gasteiger charge is -2.26. The van der Waals surface area contributed by atoms with Gasteiger partial charge >= 0.3 is 6.18 Å². The molecule has 1 aromatic heterocycles. The molecule has 142 valence electrons. The fourth-order valence-electron chi connectivity index (χ4n) is 2.97. The van der Waals surface area contributed by atoms with Crippen LogP contribution in [0.5, 0.6) is 0 Å². The molecule has 1 amide bonds. The molecule has 9 heteroatoms. The van der Waals surface area contributed by atoms with Crippen molar-refractivity contribution in [3.63, 3.8) is 0 Å². The van der Waals surface area contributed by atoms with Gasteiger partial charge < -0.3 is 10.6 Å². The Morgan fingerprint density at radius 2 is 2.15 bits per heavy atom. The van der Waals surface area contributed by atoms with Gasteiger partial charge in [-0.15, -0.1) is 12.4 Å². The number of carbonyl (C=O) groups excluding carboxylic acids is 1. The number of hydrogen-bond acceptors (Lipinski definition) is 3. The van der Waals surface area contributed by atoms with Gasteiger partial charge in [-0.25, -0.2) is 4.68 Å². The first-order valence-corrected chi connectivity index (χ1v) is 8.09. The van der Waals surface area contributed by atoms with Gasteiger partial charge in [0.25, 0.3) is 0 Å². The van der Waals surface area contributed by atoms with Crippen molar-refractivity contribution in [2.45, 2.75) is 32.0 Å². The third-order valence-electron chi connectivity index (χ3n) is 4.28. The van der Waals surface area contributed by atoms with Crippen molar-refractivity contribution < 1.29 is 18.0 Å². The lowest BCUT2D eigenvalue weighted by Crippen LogP contribution is -2.40. The molecule has 0 unspecified atom stereocenters. The highest BCUT2D eigenvalue weighted by molar-refractivity contribution is 5.92. The van der Waals surface area contributed by atoms with Crippen LogP contribution in [0.2, 0.25) is 0 Å². The van der Waals surface area contributed by atoms with Crippen molar-refractivity contribution >= 4 is 24.0 Å². The van der Waals surface area contributed by atoms with Gasteiger partial charge in [0.05, 0.1) is 29.3 Å². The number of halogens is 4. The molecule has 0 radical (unpaired) electrons. The molecule has 2 aromatic rings. The molecule has 5 nitrogen and oxygen atoms in total. The number of benzene rings is 1. The maximum absolute atomic E-state index is 12.8. The normalized spacial score (nSPS) is 20.3. The number of rotatable bonds is 3. The molecule has 26 heavy (non-hydrogen) atoms. The minimum atomic E-state index is -4.41. The van der Waals surface area contributed by atoms with E-state index < -0.39 is 11.7 Å². The lowest BCUT2D eigenvalue weighted by molar-refractivity contribution is -0.137. The predicted octanol–water partition coefficient (Wildman–Crippen LogP) is 3.64. The number of amides is 1. The van der Waals surface area contributed by atoms with E-state index in [1.807, 2.05) is 6.92 Å². The van der Waals surface area contributed by atoms with Crippen molar-refractivity contribution in [2.75, 3.05) is 11.9 Å². The van der Waals surface area contributed by atoms with Crippen LogP contribution >= 0.6 is 12.4 Å². The lowest BCUT2D eigenvalue weighted by atomic mass is 9.92. The van der Waals surface area contributed by atoms with E-state index in [0.29, 0.717) is 5.69 Å². The second-order valence-electron chi connectivity index (χ2n) is 6.29. The highest BCUT2D eigenvalue weighted by Gasteiger charge is 2.30. The minimum absolute atomic E-state index is 0. The highest BCUT2D eigenvalue weighted by atomic mass is 35.5. The number of hydrogen-bond donors (Lipinski definition) is 2. The third kappa shape index (κ3) is 4.76. The summed E-state index contributed by atoms with van der Waals surface area (Å²) >= 11 is 0. The van der Waals surface area contributed by atoms with Crippen LogP contribution < -0.4 is 10.6 Å². The zero-order valence-corrected chi connectivity index (χ0v) is 14.9. The molecule has 0 bridgehead atoms. The van der Waals surface area contributed by atoms with Crippen LogP contribution in [0.25, 0.3) is 5.69 Å². The third-order valence-corrected chi connectivity index (χ3v) is 4.28. The zero-order chi connectivity index (χ0) is 18.0. The Labute approximate surface area is 155 Å². The summed E-state index contributed by atoms with van der Waals surface area (Å²) in [5.41, 5.74) is 0.00851. The molecule has 2 atom stereocenters. The van der Waals surface area contributed by atoms with E-state index in [2.05, 4.69) is 15.7 Å². The molecule has 1 aliphatic heterocycles. The van der Waals surface area contributed by atoms with Gasteiger partial charge in [-0.05, 0) is 44.5 Å². The average molecular weight is 389 g/mol. The maximum Gasteiger partial charge on any atom is 0.416 e. The number of carbonyl (C=O) groups is 1. The first-order chi connectivity index (χ1) is 11.8. The molecule has 2 N–H and O–H groups in total. The fraction of sp³-hybridized carbons (Fsp3) is 0.412. The molecular formula is C17H20ClF3N4O. The van der Waals surface area contributed by atoms with Gasteiger partial charge in [0.15, 0.2) is 0 Å². The van der Waals surface area contributed by atoms with E-state index in [9.17, 15) is 18.0 Å². The summed E-state index contributed by atoms with van der Waals surface area (Å²) in [6.45, 7) is 2.83. The van der Waals surface area contributed by atoms with Gasteiger partial charge in [-0.3, -0.25) is 4.79 Å². The Hall–Kier alpha value is -2.06. The fourth-order valence-corrected chi connectivity index (χ4v) is 2.97. The molecule has 1 saturated heterocycles. The van der Waals surface area contributed by atoms with Gasteiger partial charge in [0.1, 0.15) is 0 Å². The second-order valence-corrected chi connectivity index (χ2v) is 6.29. The van der Waals surface area contributed by atoms with E-state index in [1.54, 1.807) is 0 Å². The number of piperidine rings is 1. The number of nitrogens with one attached hydrogen (secondary N) is 2. The van der Waals surface area contributed by atoms with E-state index in [1.165, 1.54) is 29.2 Å². The standard InChI is InChI=1S/C17H19F3N4O.ClH/c1-11-7-12(5-6-21-11)16(25)23-14-9-22-24(10-14)15-4-2-3-13(8-15)17(18,19)20;/h2-4,8-12,21H,5-7H2,1H3,(H,23,25);1H/t11-,12-;/m0./s1. The molecule has 1 aliphatic rings. The van der Waals surface area contributed by atoms with Gasteiger partial charge in [0, 0.05) is 12.0 Å². The van der Waals surface area contributed by atoms with Crippen LogP contribution in [-0.2, 0) is 11.0 Å². The maximum atomic E-state index is 12.8. The predicted molar refractivity (Wildman–Crippen MR) is 94.6 cm³/mol. The summed E-state index contributed by atoms with van der Waals surface area (Å²) in [6.07, 6.45) is 0.0536. The van der Waals surface area contributed by atoms with Crippen molar-refractivity contribution in [3.05, 3.63) is 42.2 Å². The minimum Gasteiger partial charge on any atom is -0.323 e. The molecular weight excluding hydrogens is 369 g/mol. The quantitative estimate of drug-likeness (QED) is 0.844. The van der Waals surface area contributed by atoms with Crippen LogP contribution in [0.4, 0.5) is 18.9 Å². The monoisotopic (exact) mass is 388 g/mol. The van der Waals surface area contributed by atoms with Crippen molar-refractivity contribution in [1.82, 2.24) is 15.1 Å². The van der Waals surface area contributed by atoms with E-state index in [4.69, 9.17) is 0 Å². The number of aromatic nitrogens is 2. The van der Waals surface area contributed by atoms with E-state index in [0.717, 1.165) is 31.5 Å². The highest BCUT2D eigenvalue weighted by Crippen LogP contribution is 2.30. The molecule has 0 saturated carbocycles. The van der Waals surface area contributed by atoms with Gasteiger partial charge in [-0.1, -0.05) is 6.07 Å². The summed E-state index contributed by atoms with van der Waals surface area (Å²) in [7, 11) is 0. The van der Waals surface area contributed by atoms with Crippen LogP contribution in [0.3, 0.4) is 0 Å². The van der Waals surface area contributed by atoms with Gasteiger partial charge in [-0.2, -0.15) is 18.3 Å². The van der Waals surface area contributed by atoms with E-state index >= 15 is 0 Å². The Morgan fingerprint density at radius 3 is 2.85 bits per heavy atom. The van der Waals surface area contributed by atoms with E-state index in [-0.39, 0.29) is 36.0 Å². The topological polar surface area (TPSA) is 59.0 Å². The Morgan fingerprint density at radius 1 is 1.38 bits per heavy atom. The first-order valence-electron chi connectivity index (χ1n) is 8.09. The first kappa shape index (κ1) is 20.3. The molecule has 1 aromatic carbocycles. The Kier molecular flexibility index (Phi) is 6.30. The summed E-state index contributed by atoms with van der Waals surface area (Å²) in [6, 6.07) is 5.18. The summed E-state index contributed by atoms with van der Waals surface area (Å²) in [4.78, 5) is 12.3. The molecule has 2 heterocycles. The number of alkyl halides is 3. The van der Waals surface area contributed by atoms with Crippen LogP contribution in [0.15, 0.2) is 36.7 Å². The summed E-state index contributed by atoms with van der Waals surface area (Å²) < 4.78 is 39.7. The zero-order valence-electron chi connectivity index (χ0n) is 14.1. The SMILES string of the molecule is C[C@H]1C[C@@H](C(=O)Nc2cnn(-c3cccc(C(F)(F)F)c3)c2)CCN1.Cl. The van der Waals surface area contributed by atoms with Gasteiger partial charge in [0.2, 0.25) is 5.91 Å². The summed E-state index contributed by atoms with van der Waals surface area (Å²) in [5, 5.41) is 10.1. The molecule has 1 fully saturated rings. The Balaban J connectivity index is 0.00000243. The average Bonchev–Trinajstić information content (AvgIpc) is 3.03. The largest absolute Gasteiger partial charge is 0.416 e. The number of anilines is 1. The van der Waals surface area contributed by atoms with Crippen molar-refractivity contribution in [3.8, 4) is 5.69 Å². The molecule has 0 aliphatic carbocycles. The summed E-state index contributed by atoms with van der Waals surface area (Å²) in [5.74, 6) is -0.162. The number of nitrogens with zero attached hydrogens (tertiary/aromatic N) is 2. The van der Waals surface area contributed by atoms with Crippen molar-refractivity contribution in [2.24, 2.45) is 5.92 Å². The van der Waals surface area contributed by atoms with Crippen LogP contribution in [0.1, 0.15) is 25.3 Å². The van der Waals surface area contributed by atoms with Crippen molar-refractivity contribution in [1.29, 1.82) is 0 Å². The molecule has 3 rings (SSSR count). The Bertz CT molecular complexity index is 762. The van der Waals surface area contributed by atoms with Crippen LogP contribution in [-0.4, -0.2) is 28.3 Å².